The number of carbonyl (C=O) groups excluding carboxylic acids is 1. The zero-order valence-corrected chi connectivity index (χ0v) is 10.8. The van der Waals surface area contributed by atoms with Crippen LogP contribution >= 0.6 is 0 Å². The van der Waals surface area contributed by atoms with E-state index in [0.29, 0.717) is 13.0 Å². The molecule has 0 aliphatic heterocycles. The van der Waals surface area contributed by atoms with Crippen LogP contribution in [0.1, 0.15) is 13.3 Å². The normalized spacial score (nSPS) is 12.1. The second kappa shape index (κ2) is 6.10. The minimum atomic E-state index is -0.0833. The number of hydrogen-bond acceptors (Lipinski definition) is 4. The summed E-state index contributed by atoms with van der Waals surface area (Å²) in [6.07, 6.45) is 3.78. The van der Waals surface area contributed by atoms with Gasteiger partial charge in [0.25, 0.3) is 0 Å². The molecule has 2 rings (SSSR count). The van der Waals surface area contributed by atoms with Gasteiger partial charge in [-0.1, -0.05) is 6.92 Å². The molecule has 0 fully saturated rings. The number of hydrogen-bond donors (Lipinski definition) is 2. The Hall–Kier alpha value is -2.21. The van der Waals surface area contributed by atoms with Crippen molar-refractivity contribution in [3.05, 3.63) is 36.9 Å². The van der Waals surface area contributed by atoms with Crippen molar-refractivity contribution in [2.45, 2.75) is 13.3 Å². The monoisotopic (exact) mass is 259 g/mol. The fourth-order valence-electron chi connectivity index (χ4n) is 1.69. The topological polar surface area (TPSA) is 85.8 Å². The molecule has 0 saturated carbocycles. The van der Waals surface area contributed by atoms with Crippen LogP contribution in [-0.2, 0) is 4.79 Å². The molecule has 19 heavy (non-hydrogen) atoms. The van der Waals surface area contributed by atoms with E-state index < -0.39 is 0 Å². The van der Waals surface area contributed by atoms with Gasteiger partial charge in [0.1, 0.15) is 12.7 Å². The van der Waals surface area contributed by atoms with Crippen LogP contribution < -0.4 is 11.1 Å². The lowest BCUT2D eigenvalue weighted by Crippen LogP contribution is -2.22. The summed E-state index contributed by atoms with van der Waals surface area (Å²) in [5.74, 6) is -0.0982. The molecule has 0 saturated heterocycles. The molecule has 0 radical (unpaired) electrons. The number of benzene rings is 1. The molecule has 1 heterocycles. The molecular weight excluding hydrogens is 242 g/mol. The van der Waals surface area contributed by atoms with E-state index in [-0.39, 0.29) is 11.8 Å². The highest BCUT2D eigenvalue weighted by molar-refractivity contribution is 5.92. The third kappa shape index (κ3) is 3.38. The Morgan fingerprint density at radius 3 is 2.74 bits per heavy atom. The first kappa shape index (κ1) is 13.2. The lowest BCUT2D eigenvalue weighted by molar-refractivity contribution is -0.119. The Balaban J connectivity index is 2.01. The van der Waals surface area contributed by atoms with Crippen molar-refractivity contribution in [1.82, 2.24) is 14.8 Å². The second-order valence-electron chi connectivity index (χ2n) is 4.35. The van der Waals surface area contributed by atoms with Crippen molar-refractivity contribution < 1.29 is 4.79 Å². The Morgan fingerprint density at radius 2 is 2.16 bits per heavy atom. The molecule has 100 valence electrons. The summed E-state index contributed by atoms with van der Waals surface area (Å²) in [6.45, 7) is 2.38. The van der Waals surface area contributed by atoms with Gasteiger partial charge in [-0.2, -0.15) is 5.10 Å². The van der Waals surface area contributed by atoms with Gasteiger partial charge < -0.3 is 11.1 Å². The van der Waals surface area contributed by atoms with E-state index in [0.717, 1.165) is 11.4 Å². The molecule has 3 N–H and O–H groups in total. The maximum Gasteiger partial charge on any atom is 0.227 e. The fraction of sp³-hybridized carbons (Fsp3) is 0.308. The molecule has 1 aromatic carbocycles. The zero-order chi connectivity index (χ0) is 13.7. The molecule has 1 aromatic heterocycles. The van der Waals surface area contributed by atoms with Crippen LogP contribution in [0.2, 0.25) is 0 Å². The predicted octanol–water partition coefficient (Wildman–Crippen LogP) is 1.19. The molecule has 2 aromatic rings. The highest BCUT2D eigenvalue weighted by Crippen LogP contribution is 2.13. The Bertz CT molecular complexity index is 520. The third-order valence-electron chi connectivity index (χ3n) is 2.87. The van der Waals surface area contributed by atoms with E-state index >= 15 is 0 Å². The maximum absolute atomic E-state index is 11.8. The van der Waals surface area contributed by atoms with Crippen LogP contribution in [0.3, 0.4) is 0 Å². The molecular formula is C13H17N5O. The molecule has 6 nitrogen and oxygen atoms in total. The summed E-state index contributed by atoms with van der Waals surface area (Å²) in [4.78, 5) is 15.7. The number of carbonyl (C=O) groups is 1. The zero-order valence-electron chi connectivity index (χ0n) is 10.8. The molecule has 0 aliphatic rings. The van der Waals surface area contributed by atoms with Crippen molar-refractivity contribution in [1.29, 1.82) is 0 Å². The average molecular weight is 259 g/mol. The maximum atomic E-state index is 11.8. The number of nitrogens with one attached hydrogen (secondary N) is 1. The molecule has 1 amide bonds. The number of anilines is 1. The van der Waals surface area contributed by atoms with Gasteiger partial charge in [0.2, 0.25) is 5.91 Å². The van der Waals surface area contributed by atoms with Crippen molar-refractivity contribution in [3.63, 3.8) is 0 Å². The van der Waals surface area contributed by atoms with E-state index in [9.17, 15) is 4.79 Å². The van der Waals surface area contributed by atoms with Crippen LogP contribution in [-0.4, -0.2) is 27.2 Å². The summed E-state index contributed by atoms with van der Waals surface area (Å²) >= 11 is 0. The summed E-state index contributed by atoms with van der Waals surface area (Å²) in [6, 6.07) is 7.42. The van der Waals surface area contributed by atoms with E-state index in [2.05, 4.69) is 15.4 Å². The van der Waals surface area contributed by atoms with Crippen LogP contribution in [0, 0.1) is 5.92 Å². The Kier molecular flexibility index (Phi) is 4.25. The van der Waals surface area contributed by atoms with Crippen LogP contribution in [0.4, 0.5) is 5.69 Å². The molecule has 6 heteroatoms. The summed E-state index contributed by atoms with van der Waals surface area (Å²) in [5.41, 5.74) is 7.09. The van der Waals surface area contributed by atoms with Gasteiger partial charge in [-0.25, -0.2) is 9.67 Å². The van der Waals surface area contributed by atoms with Gasteiger partial charge in [-0.15, -0.1) is 0 Å². The Labute approximate surface area is 111 Å². The number of nitrogens with zero attached hydrogens (tertiary/aromatic N) is 3. The molecule has 1 unspecified atom stereocenters. The largest absolute Gasteiger partial charge is 0.330 e. The lowest BCUT2D eigenvalue weighted by atomic mass is 10.1. The quantitative estimate of drug-likeness (QED) is 0.844. The van der Waals surface area contributed by atoms with Gasteiger partial charge in [-0.05, 0) is 37.2 Å². The predicted molar refractivity (Wildman–Crippen MR) is 72.8 cm³/mol. The van der Waals surface area contributed by atoms with Gasteiger partial charge >= 0.3 is 0 Å². The van der Waals surface area contributed by atoms with E-state index in [1.54, 1.807) is 11.0 Å². The minimum Gasteiger partial charge on any atom is -0.330 e. The average Bonchev–Trinajstić information content (AvgIpc) is 2.94. The van der Waals surface area contributed by atoms with E-state index in [4.69, 9.17) is 5.73 Å². The van der Waals surface area contributed by atoms with Crippen LogP contribution in [0.25, 0.3) is 5.69 Å². The highest BCUT2D eigenvalue weighted by Gasteiger charge is 2.11. The first-order valence-corrected chi connectivity index (χ1v) is 6.16. The summed E-state index contributed by atoms with van der Waals surface area (Å²) in [7, 11) is 0. The van der Waals surface area contributed by atoms with Crippen molar-refractivity contribution in [2.24, 2.45) is 11.7 Å². The number of rotatable bonds is 5. The molecule has 0 bridgehead atoms. The molecule has 1 atom stereocenters. The number of amides is 1. The van der Waals surface area contributed by atoms with Gasteiger partial charge in [0.05, 0.1) is 5.69 Å². The number of nitrogens with two attached hydrogens (primary N) is 1. The molecule has 0 aliphatic carbocycles. The highest BCUT2D eigenvalue weighted by atomic mass is 16.1. The minimum absolute atomic E-state index is 0.0149. The summed E-state index contributed by atoms with van der Waals surface area (Å²) in [5, 5.41) is 6.89. The van der Waals surface area contributed by atoms with E-state index in [1.165, 1.54) is 6.33 Å². The van der Waals surface area contributed by atoms with Crippen molar-refractivity contribution in [3.8, 4) is 5.69 Å². The standard InChI is InChI=1S/C13H17N5O/c1-10(6-7-14)13(19)17-11-2-4-12(5-3-11)18-9-15-8-16-18/h2-5,8-10H,6-7,14H2,1H3,(H,17,19). The first-order chi connectivity index (χ1) is 9.20. The van der Waals surface area contributed by atoms with Gasteiger partial charge in [-0.3, -0.25) is 4.79 Å². The van der Waals surface area contributed by atoms with Gasteiger partial charge in [0, 0.05) is 11.6 Å². The van der Waals surface area contributed by atoms with Gasteiger partial charge in [0.15, 0.2) is 0 Å². The number of aromatic nitrogens is 3. The first-order valence-electron chi connectivity index (χ1n) is 6.16. The fourth-order valence-corrected chi connectivity index (χ4v) is 1.69. The third-order valence-corrected chi connectivity index (χ3v) is 2.87. The van der Waals surface area contributed by atoms with Crippen LogP contribution in [0.15, 0.2) is 36.9 Å². The lowest BCUT2D eigenvalue weighted by Gasteiger charge is -2.11. The summed E-state index contributed by atoms with van der Waals surface area (Å²) < 4.78 is 1.66. The van der Waals surface area contributed by atoms with E-state index in [1.807, 2.05) is 31.2 Å². The second-order valence-corrected chi connectivity index (χ2v) is 4.35. The SMILES string of the molecule is CC(CCN)C(=O)Nc1ccc(-n2cncn2)cc1. The Morgan fingerprint density at radius 1 is 1.42 bits per heavy atom. The van der Waals surface area contributed by atoms with Crippen LogP contribution in [0.5, 0.6) is 0 Å². The van der Waals surface area contributed by atoms with Crippen molar-refractivity contribution >= 4 is 11.6 Å². The van der Waals surface area contributed by atoms with Crippen molar-refractivity contribution in [2.75, 3.05) is 11.9 Å². The molecule has 0 spiro atoms. The smallest absolute Gasteiger partial charge is 0.227 e.